The molecule has 1 atom stereocenters. The molecule has 7 heteroatoms. The van der Waals surface area contributed by atoms with Crippen LogP contribution < -0.4 is 10.6 Å². The maximum atomic E-state index is 12.4. The summed E-state index contributed by atoms with van der Waals surface area (Å²) in [6.07, 6.45) is 8.19. The van der Waals surface area contributed by atoms with Crippen LogP contribution in [-0.4, -0.2) is 25.6 Å². The van der Waals surface area contributed by atoms with Gasteiger partial charge < -0.3 is 9.88 Å². The molecule has 2 aromatic heterocycles. The number of anilines is 1. The third-order valence-electron chi connectivity index (χ3n) is 3.56. The molecule has 0 aliphatic heterocycles. The molecule has 1 aromatic carbocycles. The van der Waals surface area contributed by atoms with Crippen LogP contribution in [0.3, 0.4) is 0 Å². The summed E-state index contributed by atoms with van der Waals surface area (Å²) >= 11 is 0. The quantitative estimate of drug-likeness (QED) is 0.756. The normalized spacial score (nSPS) is 11.7. The zero-order valence-corrected chi connectivity index (χ0v) is 13.3. The molecule has 1 unspecified atom stereocenters. The summed E-state index contributed by atoms with van der Waals surface area (Å²) in [6.45, 7) is 2.80. The van der Waals surface area contributed by atoms with Crippen molar-refractivity contribution >= 4 is 11.8 Å². The Bertz CT molecular complexity index is 787. The van der Waals surface area contributed by atoms with E-state index in [1.54, 1.807) is 12.4 Å². The van der Waals surface area contributed by atoms with Crippen LogP contribution in [0.25, 0.3) is 0 Å². The summed E-state index contributed by atoms with van der Waals surface area (Å²) in [5.41, 5.74) is 0.952. The number of urea groups is 1. The first-order valence-electron chi connectivity index (χ1n) is 7.67. The molecule has 0 saturated carbocycles. The lowest BCUT2D eigenvalue weighted by atomic mass is 10.1. The molecule has 0 aliphatic rings. The third kappa shape index (κ3) is 3.57. The van der Waals surface area contributed by atoms with Gasteiger partial charge in [-0.3, -0.25) is 10.3 Å². The van der Waals surface area contributed by atoms with Crippen molar-refractivity contribution in [1.29, 1.82) is 0 Å². The van der Waals surface area contributed by atoms with E-state index < -0.39 is 0 Å². The molecule has 0 fully saturated rings. The molecule has 122 valence electrons. The number of nitrogens with zero attached hydrogens (tertiary/aromatic N) is 4. The van der Waals surface area contributed by atoms with Gasteiger partial charge in [-0.25, -0.2) is 14.8 Å². The Labute approximate surface area is 139 Å². The first-order valence-corrected chi connectivity index (χ1v) is 7.67. The highest BCUT2D eigenvalue weighted by Crippen LogP contribution is 2.20. The highest BCUT2D eigenvalue weighted by atomic mass is 16.2. The summed E-state index contributed by atoms with van der Waals surface area (Å²) in [7, 11) is 0. The number of aromatic nitrogens is 4. The van der Waals surface area contributed by atoms with Gasteiger partial charge in [0, 0.05) is 31.3 Å². The average Bonchev–Trinajstić information content (AvgIpc) is 3.10. The van der Waals surface area contributed by atoms with Crippen LogP contribution in [-0.2, 0) is 6.54 Å². The molecule has 2 heterocycles. The first kappa shape index (κ1) is 15.7. The molecule has 2 N–H and O–H groups in total. The smallest absolute Gasteiger partial charge is 0.321 e. The van der Waals surface area contributed by atoms with Gasteiger partial charge in [0.2, 0.25) is 0 Å². The summed E-state index contributed by atoms with van der Waals surface area (Å²) in [4.78, 5) is 24.8. The van der Waals surface area contributed by atoms with Crippen LogP contribution in [0.5, 0.6) is 0 Å². The van der Waals surface area contributed by atoms with Crippen LogP contribution in [0.1, 0.15) is 24.4 Å². The monoisotopic (exact) mass is 322 g/mol. The Kier molecular flexibility index (Phi) is 4.81. The van der Waals surface area contributed by atoms with Crippen LogP contribution >= 0.6 is 0 Å². The standard InChI is InChI=1S/C17H18N6O/c1-2-23-11-10-20-16(23)15(13-6-4-3-5-7-13)22-17(24)21-14-12-18-8-9-19-14/h3-12,15H,2H2,1H3,(H2,19,21,22,24). The second kappa shape index (κ2) is 7.36. The Hall–Kier alpha value is -3.22. The molecule has 0 bridgehead atoms. The summed E-state index contributed by atoms with van der Waals surface area (Å²) < 4.78 is 2.00. The zero-order valence-electron chi connectivity index (χ0n) is 13.3. The van der Waals surface area contributed by atoms with Gasteiger partial charge in [-0.15, -0.1) is 0 Å². The lowest BCUT2D eigenvalue weighted by Gasteiger charge is -2.20. The lowest BCUT2D eigenvalue weighted by Crippen LogP contribution is -2.35. The van der Waals surface area contributed by atoms with E-state index in [-0.39, 0.29) is 12.1 Å². The average molecular weight is 322 g/mol. The molecule has 7 nitrogen and oxygen atoms in total. The van der Waals surface area contributed by atoms with Crippen molar-refractivity contribution in [3.05, 3.63) is 72.7 Å². The van der Waals surface area contributed by atoms with Crippen molar-refractivity contribution < 1.29 is 4.79 Å². The molecular formula is C17H18N6O. The van der Waals surface area contributed by atoms with E-state index in [0.29, 0.717) is 5.82 Å². The van der Waals surface area contributed by atoms with Crippen molar-refractivity contribution in [2.24, 2.45) is 0 Å². The molecule has 0 radical (unpaired) electrons. The van der Waals surface area contributed by atoms with Crippen LogP contribution in [0.2, 0.25) is 0 Å². The first-order chi connectivity index (χ1) is 11.8. The van der Waals surface area contributed by atoms with Crippen molar-refractivity contribution in [3.63, 3.8) is 0 Å². The van der Waals surface area contributed by atoms with Gasteiger partial charge in [-0.05, 0) is 12.5 Å². The number of imidazole rings is 1. The van der Waals surface area contributed by atoms with Gasteiger partial charge in [0.05, 0.1) is 6.20 Å². The molecule has 0 spiro atoms. The Morgan fingerprint density at radius 1 is 1.17 bits per heavy atom. The molecule has 3 aromatic rings. The van der Waals surface area contributed by atoms with Crippen LogP contribution in [0.15, 0.2) is 61.3 Å². The Balaban J connectivity index is 1.84. The van der Waals surface area contributed by atoms with E-state index in [9.17, 15) is 4.79 Å². The van der Waals surface area contributed by atoms with Gasteiger partial charge in [0.1, 0.15) is 11.9 Å². The second-order valence-electron chi connectivity index (χ2n) is 5.10. The van der Waals surface area contributed by atoms with Crippen LogP contribution in [0.4, 0.5) is 10.6 Å². The fourth-order valence-electron chi connectivity index (χ4n) is 2.44. The highest BCUT2D eigenvalue weighted by Gasteiger charge is 2.21. The zero-order chi connectivity index (χ0) is 16.8. The summed E-state index contributed by atoms with van der Waals surface area (Å²) in [5.74, 6) is 1.17. The second-order valence-corrected chi connectivity index (χ2v) is 5.10. The molecule has 2 amide bonds. The third-order valence-corrected chi connectivity index (χ3v) is 3.56. The number of nitrogens with one attached hydrogen (secondary N) is 2. The van der Waals surface area contributed by atoms with Crippen LogP contribution in [0, 0.1) is 0 Å². The van der Waals surface area contributed by atoms with E-state index in [1.807, 2.05) is 48.0 Å². The van der Waals surface area contributed by atoms with Crippen molar-refractivity contribution in [2.45, 2.75) is 19.5 Å². The molecule has 0 aliphatic carbocycles. The maximum absolute atomic E-state index is 12.4. The number of benzene rings is 1. The number of carbonyl (C=O) groups excluding carboxylic acids is 1. The highest BCUT2D eigenvalue weighted by molar-refractivity contribution is 5.88. The number of hydrogen-bond acceptors (Lipinski definition) is 4. The van der Waals surface area contributed by atoms with E-state index in [4.69, 9.17) is 0 Å². The SMILES string of the molecule is CCn1ccnc1C(NC(=O)Nc1cnccn1)c1ccccc1. The minimum Gasteiger partial charge on any atom is -0.333 e. The maximum Gasteiger partial charge on any atom is 0.321 e. The fourth-order valence-corrected chi connectivity index (χ4v) is 2.44. The largest absolute Gasteiger partial charge is 0.333 e. The number of rotatable bonds is 5. The number of carbonyl (C=O) groups is 1. The number of aryl methyl sites for hydroxylation is 1. The fraction of sp³-hybridized carbons (Fsp3) is 0.176. The van der Waals surface area contributed by atoms with Gasteiger partial charge in [-0.1, -0.05) is 30.3 Å². The minimum absolute atomic E-state index is 0.363. The van der Waals surface area contributed by atoms with Gasteiger partial charge in [0.15, 0.2) is 5.82 Å². The van der Waals surface area contributed by atoms with Crippen molar-refractivity contribution in [3.8, 4) is 0 Å². The van der Waals surface area contributed by atoms with E-state index in [0.717, 1.165) is 17.9 Å². The molecule has 3 rings (SSSR count). The van der Waals surface area contributed by atoms with E-state index >= 15 is 0 Å². The summed E-state index contributed by atoms with van der Waals surface area (Å²) in [6, 6.07) is 9.00. The van der Waals surface area contributed by atoms with Gasteiger partial charge in [-0.2, -0.15) is 0 Å². The molecular weight excluding hydrogens is 304 g/mol. The Morgan fingerprint density at radius 2 is 2.00 bits per heavy atom. The van der Waals surface area contributed by atoms with Gasteiger partial charge in [0.25, 0.3) is 0 Å². The predicted molar refractivity (Wildman–Crippen MR) is 90.4 cm³/mol. The lowest BCUT2D eigenvalue weighted by molar-refractivity contribution is 0.249. The van der Waals surface area contributed by atoms with E-state index in [2.05, 4.69) is 25.6 Å². The Morgan fingerprint density at radius 3 is 2.71 bits per heavy atom. The number of hydrogen-bond donors (Lipinski definition) is 2. The molecule has 0 saturated heterocycles. The minimum atomic E-state index is -0.366. The summed E-state index contributed by atoms with van der Waals surface area (Å²) in [5, 5.41) is 5.64. The van der Waals surface area contributed by atoms with Gasteiger partial charge >= 0.3 is 6.03 Å². The number of amides is 2. The predicted octanol–water partition coefficient (Wildman–Crippen LogP) is 2.60. The van der Waals surface area contributed by atoms with Crippen molar-refractivity contribution in [2.75, 3.05) is 5.32 Å². The van der Waals surface area contributed by atoms with Crippen molar-refractivity contribution in [1.82, 2.24) is 24.8 Å². The van der Waals surface area contributed by atoms with E-state index in [1.165, 1.54) is 12.4 Å². The topological polar surface area (TPSA) is 84.7 Å². The molecule has 24 heavy (non-hydrogen) atoms.